The summed E-state index contributed by atoms with van der Waals surface area (Å²) in [7, 11) is 0. The molecule has 4 heteroatoms. The molecule has 0 saturated carbocycles. The Kier molecular flexibility index (Phi) is 5.22. The Morgan fingerprint density at radius 2 is 1.00 bits per heavy atom. The van der Waals surface area contributed by atoms with E-state index < -0.39 is 0 Å². The molecule has 0 atom stereocenters. The average molecular weight is 535 g/mol. The van der Waals surface area contributed by atoms with E-state index in [1.807, 2.05) is 18.2 Å². The monoisotopic (exact) mass is 534 g/mol. The lowest BCUT2D eigenvalue weighted by atomic mass is 9.98. The maximum atomic E-state index is 8.03. The van der Waals surface area contributed by atoms with Gasteiger partial charge in [-0.05, 0) is 53.6 Å². The number of hydrogen-bond acceptors (Lipinski definition) is 0. The lowest BCUT2D eigenvalue weighted by Gasteiger charge is -2.17. The van der Waals surface area contributed by atoms with Crippen molar-refractivity contribution in [3.8, 4) is 22.5 Å². The molecule has 8 rings (SSSR count). The first-order valence-electron chi connectivity index (χ1n) is 13.8. The van der Waals surface area contributed by atoms with Crippen molar-refractivity contribution in [1.82, 2.24) is 9.13 Å². The smallest absolute Gasteiger partial charge is 0.184 e. The molecule has 2 heterocycles. The van der Waals surface area contributed by atoms with Crippen LogP contribution >= 0.6 is 0 Å². The number of hydrogen-bond donors (Lipinski definition) is 0. The molecule has 4 nitrogen and oxygen atoms in total. The van der Waals surface area contributed by atoms with Crippen molar-refractivity contribution in [2.24, 2.45) is 0 Å². The molecule has 2 aromatic heterocycles. The standard InChI is InChI=1S/C38H22N4/c1-39-25-20-21-27(33(22-25)40-2)31-23-32-30-16-8-9-17-34(30)41(26-12-4-3-5-13-26)37(32)24-38(31)42-35-18-10-6-14-28(35)29-15-7-11-19-36(29)42/h3-24H. The third-order valence-electron chi connectivity index (χ3n) is 8.15. The third-order valence-corrected chi connectivity index (χ3v) is 8.15. The highest BCUT2D eigenvalue weighted by molar-refractivity contribution is 6.14. The van der Waals surface area contributed by atoms with Crippen molar-refractivity contribution in [3.05, 3.63) is 156 Å². The Morgan fingerprint density at radius 3 is 1.62 bits per heavy atom. The Bertz CT molecular complexity index is 2380. The minimum absolute atomic E-state index is 0.463. The number of benzene rings is 6. The van der Waals surface area contributed by atoms with E-state index in [0.29, 0.717) is 11.4 Å². The number of para-hydroxylation sites is 4. The van der Waals surface area contributed by atoms with Crippen molar-refractivity contribution in [2.45, 2.75) is 0 Å². The first-order valence-corrected chi connectivity index (χ1v) is 13.8. The SMILES string of the molecule is [C-]#[N+]c1ccc(-c2cc3c4ccccc4n(-c4ccccc4)c3cc2-n2c3ccccc3c3ccccc32)c([N+]#[C-])c1. The van der Waals surface area contributed by atoms with Crippen LogP contribution in [0.25, 0.3) is 75.8 Å². The van der Waals surface area contributed by atoms with Gasteiger partial charge in [0.05, 0.1) is 40.9 Å². The lowest BCUT2D eigenvalue weighted by Crippen LogP contribution is -1.99. The van der Waals surface area contributed by atoms with Gasteiger partial charge in [-0.15, -0.1) is 0 Å². The molecule has 0 aliphatic carbocycles. The predicted molar refractivity (Wildman–Crippen MR) is 173 cm³/mol. The van der Waals surface area contributed by atoms with Gasteiger partial charge in [0.2, 0.25) is 0 Å². The van der Waals surface area contributed by atoms with E-state index in [0.717, 1.165) is 55.3 Å². The molecule has 0 saturated heterocycles. The highest BCUT2D eigenvalue weighted by atomic mass is 15.0. The summed E-state index contributed by atoms with van der Waals surface area (Å²) in [5.41, 5.74) is 9.19. The van der Waals surface area contributed by atoms with Gasteiger partial charge in [-0.25, -0.2) is 9.69 Å². The zero-order chi connectivity index (χ0) is 28.2. The van der Waals surface area contributed by atoms with E-state index in [4.69, 9.17) is 13.1 Å². The molecule has 194 valence electrons. The van der Waals surface area contributed by atoms with Crippen molar-refractivity contribution in [2.75, 3.05) is 0 Å². The highest BCUT2D eigenvalue weighted by Gasteiger charge is 2.21. The van der Waals surface area contributed by atoms with E-state index in [1.54, 1.807) is 6.07 Å². The summed E-state index contributed by atoms with van der Waals surface area (Å²) < 4.78 is 4.65. The van der Waals surface area contributed by atoms with Crippen molar-refractivity contribution < 1.29 is 0 Å². The summed E-state index contributed by atoms with van der Waals surface area (Å²) in [5, 5.41) is 4.61. The van der Waals surface area contributed by atoms with Gasteiger partial charge >= 0.3 is 0 Å². The summed E-state index contributed by atoms with van der Waals surface area (Å²) in [4.78, 5) is 7.48. The van der Waals surface area contributed by atoms with Gasteiger partial charge in [0.25, 0.3) is 0 Å². The van der Waals surface area contributed by atoms with Gasteiger partial charge in [0, 0.05) is 27.2 Å². The summed E-state index contributed by atoms with van der Waals surface area (Å²) in [6.45, 7) is 15.6. The number of fused-ring (bicyclic) bond motifs is 6. The topological polar surface area (TPSA) is 18.6 Å². The Hall–Kier alpha value is -6.10. The second-order valence-electron chi connectivity index (χ2n) is 10.4. The van der Waals surface area contributed by atoms with Gasteiger partial charge in [-0.3, -0.25) is 0 Å². The van der Waals surface area contributed by atoms with Crippen LogP contribution in [-0.4, -0.2) is 9.13 Å². The number of rotatable bonds is 3. The molecule has 0 amide bonds. The van der Waals surface area contributed by atoms with Crippen LogP contribution < -0.4 is 0 Å². The molecule has 0 N–H and O–H groups in total. The highest BCUT2D eigenvalue weighted by Crippen LogP contribution is 2.44. The van der Waals surface area contributed by atoms with Crippen LogP contribution in [0.15, 0.2) is 133 Å². The van der Waals surface area contributed by atoms with Gasteiger partial charge in [0.1, 0.15) is 0 Å². The molecule has 8 aromatic rings. The largest absolute Gasteiger partial charge is 0.309 e. The van der Waals surface area contributed by atoms with E-state index in [2.05, 4.69) is 128 Å². The van der Waals surface area contributed by atoms with Crippen LogP contribution in [0.2, 0.25) is 0 Å². The summed E-state index contributed by atoms with van der Waals surface area (Å²) in [6, 6.07) is 45.8. The van der Waals surface area contributed by atoms with Crippen LogP contribution in [0.5, 0.6) is 0 Å². The zero-order valence-electron chi connectivity index (χ0n) is 22.5. The molecule has 0 spiro atoms. The first kappa shape index (κ1) is 23.8. The number of nitrogens with zero attached hydrogens (tertiary/aromatic N) is 4. The van der Waals surface area contributed by atoms with Gasteiger partial charge < -0.3 is 9.13 Å². The summed E-state index contributed by atoms with van der Waals surface area (Å²) in [6.07, 6.45) is 0. The first-order chi connectivity index (χ1) is 20.8. The van der Waals surface area contributed by atoms with Crippen LogP contribution in [-0.2, 0) is 0 Å². The molecule has 0 fully saturated rings. The maximum Gasteiger partial charge on any atom is 0.184 e. The second-order valence-corrected chi connectivity index (χ2v) is 10.4. The van der Waals surface area contributed by atoms with Gasteiger partial charge in [-0.1, -0.05) is 91.0 Å². The minimum Gasteiger partial charge on any atom is -0.309 e. The van der Waals surface area contributed by atoms with E-state index in [1.165, 1.54) is 10.8 Å². The van der Waals surface area contributed by atoms with E-state index in [-0.39, 0.29) is 0 Å². The average Bonchev–Trinajstić information content (AvgIpc) is 3.56. The van der Waals surface area contributed by atoms with Crippen LogP contribution in [0.4, 0.5) is 11.4 Å². The molecular formula is C38H22N4. The molecule has 0 unspecified atom stereocenters. The van der Waals surface area contributed by atoms with Gasteiger partial charge in [-0.2, -0.15) is 0 Å². The fourth-order valence-electron chi connectivity index (χ4n) is 6.35. The quantitative estimate of drug-likeness (QED) is 0.201. The lowest BCUT2D eigenvalue weighted by molar-refractivity contribution is 1.16. The van der Waals surface area contributed by atoms with Crippen molar-refractivity contribution >= 4 is 55.0 Å². The Labute approximate surface area is 242 Å². The molecule has 0 radical (unpaired) electrons. The third kappa shape index (κ3) is 3.40. The molecule has 0 aliphatic rings. The summed E-state index contributed by atoms with van der Waals surface area (Å²) in [5.74, 6) is 0. The second kappa shape index (κ2) is 9.24. The molecule has 6 aromatic carbocycles. The molecule has 0 aliphatic heterocycles. The summed E-state index contributed by atoms with van der Waals surface area (Å²) >= 11 is 0. The fraction of sp³-hybridized carbons (Fsp3) is 0. The Balaban J connectivity index is 1.59. The Morgan fingerprint density at radius 1 is 0.429 bits per heavy atom. The molecule has 42 heavy (non-hydrogen) atoms. The zero-order valence-corrected chi connectivity index (χ0v) is 22.5. The number of aromatic nitrogens is 2. The predicted octanol–water partition coefficient (Wildman–Crippen LogP) is 10.6. The van der Waals surface area contributed by atoms with Crippen LogP contribution in [0.3, 0.4) is 0 Å². The van der Waals surface area contributed by atoms with E-state index in [9.17, 15) is 0 Å². The fourth-order valence-corrected chi connectivity index (χ4v) is 6.35. The van der Waals surface area contributed by atoms with Crippen molar-refractivity contribution in [1.29, 1.82) is 0 Å². The minimum atomic E-state index is 0.463. The van der Waals surface area contributed by atoms with E-state index >= 15 is 0 Å². The van der Waals surface area contributed by atoms with Gasteiger partial charge in [0.15, 0.2) is 11.4 Å². The van der Waals surface area contributed by atoms with Crippen LogP contribution in [0, 0.1) is 13.1 Å². The van der Waals surface area contributed by atoms with Crippen molar-refractivity contribution in [3.63, 3.8) is 0 Å². The molecule has 0 bridgehead atoms. The van der Waals surface area contributed by atoms with Crippen LogP contribution in [0.1, 0.15) is 0 Å². The molecular weight excluding hydrogens is 512 g/mol. The normalized spacial score (nSPS) is 11.3. The maximum absolute atomic E-state index is 8.03.